The zero-order valence-corrected chi connectivity index (χ0v) is 19.9. The van der Waals surface area contributed by atoms with Crippen LogP contribution in [0.3, 0.4) is 0 Å². The van der Waals surface area contributed by atoms with E-state index in [9.17, 15) is 14.4 Å². The summed E-state index contributed by atoms with van der Waals surface area (Å²) in [5, 5.41) is 6.10. The third-order valence-corrected chi connectivity index (χ3v) is 6.02. The minimum absolute atomic E-state index is 0.0868. The Kier molecular flexibility index (Phi) is 9.22. The second kappa shape index (κ2) is 12.6. The number of carbonyl (C=O) groups excluding carboxylic acids is 3. The highest BCUT2D eigenvalue weighted by Gasteiger charge is 2.18. The van der Waals surface area contributed by atoms with E-state index < -0.39 is 18.5 Å². The quantitative estimate of drug-likeness (QED) is 0.337. The predicted octanol–water partition coefficient (Wildman–Crippen LogP) is 4.09. The number of pyridine rings is 1. The molecule has 2 N–H and O–H groups in total. The van der Waals surface area contributed by atoms with Crippen LogP contribution in [0, 0.1) is 0 Å². The number of benzene rings is 2. The van der Waals surface area contributed by atoms with Crippen molar-refractivity contribution in [2.45, 2.75) is 31.0 Å². The van der Waals surface area contributed by atoms with Crippen molar-refractivity contribution in [2.75, 3.05) is 12.4 Å². The molecule has 2 amide bonds. The molecule has 0 unspecified atom stereocenters. The highest BCUT2D eigenvalue weighted by atomic mass is 32.2. The van der Waals surface area contributed by atoms with E-state index in [0.29, 0.717) is 5.03 Å². The van der Waals surface area contributed by atoms with Crippen LogP contribution in [0.25, 0.3) is 0 Å². The fourth-order valence-corrected chi connectivity index (χ4v) is 4.01. The summed E-state index contributed by atoms with van der Waals surface area (Å²) < 4.78 is 5.19. The lowest BCUT2D eigenvalue weighted by molar-refractivity contribution is -0.125. The summed E-state index contributed by atoms with van der Waals surface area (Å²) in [6, 6.07) is 22.0. The smallest absolute Gasteiger partial charge is 0.341 e. The molecule has 2 aromatic carbocycles. The van der Waals surface area contributed by atoms with Gasteiger partial charge in [-0.2, -0.15) is 0 Å². The van der Waals surface area contributed by atoms with Crippen molar-refractivity contribution in [2.24, 2.45) is 0 Å². The Morgan fingerprint density at radius 2 is 1.38 bits per heavy atom. The van der Waals surface area contributed by atoms with Crippen LogP contribution in [0.5, 0.6) is 0 Å². The van der Waals surface area contributed by atoms with Crippen LogP contribution in [-0.4, -0.2) is 35.1 Å². The zero-order valence-electron chi connectivity index (χ0n) is 19.1. The van der Waals surface area contributed by atoms with Gasteiger partial charge in [-0.25, -0.2) is 9.78 Å². The van der Waals surface area contributed by atoms with Crippen LogP contribution in [0.4, 0.5) is 0 Å². The van der Waals surface area contributed by atoms with Crippen LogP contribution in [-0.2, 0) is 14.3 Å². The Morgan fingerprint density at radius 3 is 1.97 bits per heavy atom. The second-order valence-electron chi connectivity index (χ2n) is 7.62. The van der Waals surface area contributed by atoms with E-state index in [-0.39, 0.29) is 29.3 Å². The van der Waals surface area contributed by atoms with E-state index in [2.05, 4.69) is 15.6 Å². The molecule has 176 valence electrons. The highest BCUT2D eigenvalue weighted by Crippen LogP contribution is 2.21. The maximum atomic E-state index is 12.6. The molecule has 0 spiro atoms. The monoisotopic (exact) mass is 477 g/mol. The third kappa shape index (κ3) is 7.45. The normalized spacial score (nSPS) is 12.3. The van der Waals surface area contributed by atoms with Gasteiger partial charge in [-0.15, -0.1) is 0 Å². The van der Waals surface area contributed by atoms with E-state index >= 15 is 0 Å². The van der Waals surface area contributed by atoms with Gasteiger partial charge in [-0.05, 0) is 37.1 Å². The molecular weight excluding hydrogens is 450 g/mol. The minimum atomic E-state index is -0.670. The van der Waals surface area contributed by atoms with Crippen molar-refractivity contribution in [1.82, 2.24) is 15.6 Å². The molecule has 0 fully saturated rings. The standard InChI is InChI=1S/C26H27N3O4S/c1-18(20-10-5-3-6-11-20)28-23(30)16-33-26(32)22-14-9-15-27-25(22)34-17-24(31)29-19(2)21-12-7-4-8-13-21/h3-15,18-19H,16-17H2,1-2H3,(H,28,30)(H,29,31)/t18-,19+/m0/s1. The molecule has 34 heavy (non-hydrogen) atoms. The van der Waals surface area contributed by atoms with Gasteiger partial charge in [0.2, 0.25) is 5.91 Å². The topological polar surface area (TPSA) is 97.4 Å². The van der Waals surface area contributed by atoms with Crippen molar-refractivity contribution in [3.05, 3.63) is 95.7 Å². The summed E-state index contributed by atoms with van der Waals surface area (Å²) in [5.74, 6) is -1.17. The van der Waals surface area contributed by atoms with E-state index in [1.165, 1.54) is 6.20 Å². The number of aromatic nitrogens is 1. The molecule has 0 aliphatic heterocycles. The molecule has 0 aliphatic rings. The SMILES string of the molecule is C[C@H](NC(=O)COC(=O)c1cccnc1SCC(=O)N[C@H](C)c1ccccc1)c1ccccc1. The zero-order chi connectivity index (χ0) is 24.3. The van der Waals surface area contributed by atoms with Gasteiger partial charge in [-0.3, -0.25) is 9.59 Å². The Hall–Kier alpha value is -3.65. The van der Waals surface area contributed by atoms with Gasteiger partial charge < -0.3 is 15.4 Å². The van der Waals surface area contributed by atoms with Gasteiger partial charge in [0.1, 0.15) is 5.03 Å². The number of nitrogens with one attached hydrogen (secondary N) is 2. The molecule has 7 nitrogen and oxygen atoms in total. The number of hydrogen-bond acceptors (Lipinski definition) is 6. The van der Waals surface area contributed by atoms with Crippen LogP contribution in [0.1, 0.15) is 47.4 Å². The molecule has 0 radical (unpaired) electrons. The first-order valence-electron chi connectivity index (χ1n) is 10.9. The van der Waals surface area contributed by atoms with Gasteiger partial charge in [0.25, 0.3) is 5.91 Å². The maximum Gasteiger partial charge on any atom is 0.341 e. The van der Waals surface area contributed by atoms with Crippen LogP contribution < -0.4 is 10.6 Å². The first-order valence-corrected chi connectivity index (χ1v) is 11.9. The van der Waals surface area contributed by atoms with E-state index in [0.717, 1.165) is 22.9 Å². The molecule has 3 rings (SSSR count). The molecule has 0 saturated heterocycles. The number of nitrogens with zero attached hydrogens (tertiary/aromatic N) is 1. The van der Waals surface area contributed by atoms with Crippen LogP contribution in [0.2, 0.25) is 0 Å². The Bertz CT molecular complexity index is 1110. The van der Waals surface area contributed by atoms with Crippen LogP contribution >= 0.6 is 11.8 Å². The number of ether oxygens (including phenoxy) is 1. The van der Waals surface area contributed by atoms with Crippen molar-refractivity contribution in [3.63, 3.8) is 0 Å². The minimum Gasteiger partial charge on any atom is -0.452 e. The Morgan fingerprint density at radius 1 is 0.824 bits per heavy atom. The van der Waals surface area contributed by atoms with Crippen molar-refractivity contribution in [3.8, 4) is 0 Å². The van der Waals surface area contributed by atoms with E-state index in [1.807, 2.05) is 74.5 Å². The first-order chi connectivity index (χ1) is 16.4. The van der Waals surface area contributed by atoms with Gasteiger partial charge >= 0.3 is 5.97 Å². The highest BCUT2D eigenvalue weighted by molar-refractivity contribution is 8.00. The lowest BCUT2D eigenvalue weighted by Crippen LogP contribution is -2.31. The molecule has 0 bridgehead atoms. The van der Waals surface area contributed by atoms with E-state index in [1.54, 1.807) is 12.1 Å². The number of esters is 1. The Labute approximate surface area is 203 Å². The fraction of sp³-hybridized carbons (Fsp3) is 0.231. The summed E-state index contributed by atoms with van der Waals surface area (Å²) in [6.07, 6.45) is 1.54. The van der Waals surface area contributed by atoms with Crippen molar-refractivity contribution >= 4 is 29.5 Å². The van der Waals surface area contributed by atoms with Gasteiger partial charge in [0.15, 0.2) is 6.61 Å². The number of thioether (sulfide) groups is 1. The molecule has 1 aromatic heterocycles. The summed E-state index contributed by atoms with van der Waals surface area (Å²) in [7, 11) is 0. The average molecular weight is 478 g/mol. The summed E-state index contributed by atoms with van der Waals surface area (Å²) in [6.45, 7) is 3.35. The summed E-state index contributed by atoms with van der Waals surface area (Å²) in [5.41, 5.74) is 2.16. The number of amides is 2. The average Bonchev–Trinajstić information content (AvgIpc) is 2.87. The molecule has 0 saturated carbocycles. The van der Waals surface area contributed by atoms with Crippen LogP contribution in [0.15, 0.2) is 84.0 Å². The fourth-order valence-electron chi connectivity index (χ4n) is 3.22. The summed E-state index contributed by atoms with van der Waals surface area (Å²) >= 11 is 1.14. The number of hydrogen-bond donors (Lipinski definition) is 2. The van der Waals surface area contributed by atoms with Gasteiger partial charge in [-0.1, -0.05) is 72.4 Å². The maximum absolute atomic E-state index is 12.6. The summed E-state index contributed by atoms with van der Waals surface area (Å²) in [4.78, 5) is 41.4. The second-order valence-corrected chi connectivity index (χ2v) is 8.58. The van der Waals surface area contributed by atoms with E-state index in [4.69, 9.17) is 4.74 Å². The molecule has 8 heteroatoms. The molecule has 3 aromatic rings. The first kappa shape index (κ1) is 25.0. The number of rotatable bonds is 10. The van der Waals surface area contributed by atoms with Crippen molar-refractivity contribution in [1.29, 1.82) is 0 Å². The number of carbonyl (C=O) groups is 3. The molecule has 1 heterocycles. The largest absolute Gasteiger partial charge is 0.452 e. The third-order valence-electron chi connectivity index (χ3n) is 5.02. The lowest BCUT2D eigenvalue weighted by Gasteiger charge is -2.15. The lowest BCUT2D eigenvalue weighted by atomic mass is 10.1. The van der Waals surface area contributed by atoms with Gasteiger partial charge in [0.05, 0.1) is 23.4 Å². The molecular formula is C26H27N3O4S. The predicted molar refractivity (Wildman–Crippen MR) is 131 cm³/mol. The van der Waals surface area contributed by atoms with Crippen molar-refractivity contribution < 1.29 is 19.1 Å². The van der Waals surface area contributed by atoms with Gasteiger partial charge in [0, 0.05) is 6.20 Å². The Balaban J connectivity index is 1.50. The molecule has 2 atom stereocenters. The molecule has 0 aliphatic carbocycles.